The van der Waals surface area contributed by atoms with Crippen molar-refractivity contribution in [2.24, 2.45) is 17.8 Å². The molecular weight excluding hydrogens is 470 g/mol. The second-order valence-electron chi connectivity index (χ2n) is 10.7. The van der Waals surface area contributed by atoms with Crippen LogP contribution < -0.4 is 16.0 Å². The minimum Gasteiger partial charge on any atom is -0.460 e. The maximum Gasteiger partial charge on any atom is 0.329 e. The maximum atomic E-state index is 13.5. The lowest BCUT2D eigenvalue weighted by Crippen LogP contribution is -2.58. The van der Waals surface area contributed by atoms with Crippen molar-refractivity contribution in [1.82, 2.24) is 16.0 Å². The van der Waals surface area contributed by atoms with E-state index < -0.39 is 42.0 Å². The summed E-state index contributed by atoms with van der Waals surface area (Å²) in [5.74, 6) is -2.24. The number of benzene rings is 1. The number of esters is 1. The highest BCUT2D eigenvalue weighted by Gasteiger charge is 2.36. The molecule has 0 saturated carbocycles. The van der Waals surface area contributed by atoms with Crippen LogP contribution in [0.5, 0.6) is 0 Å². The summed E-state index contributed by atoms with van der Waals surface area (Å²) >= 11 is 0. The first kappa shape index (κ1) is 30.3. The van der Waals surface area contributed by atoms with Gasteiger partial charge in [0.1, 0.15) is 24.2 Å². The molecule has 1 aliphatic heterocycles. The molecule has 8 nitrogen and oxygen atoms in total. The van der Waals surface area contributed by atoms with Crippen molar-refractivity contribution in [2.75, 3.05) is 0 Å². The molecule has 6 atom stereocenters. The number of carbonyl (C=O) groups is 4. The summed E-state index contributed by atoms with van der Waals surface area (Å²) in [5.41, 5.74) is 0.866. The van der Waals surface area contributed by atoms with Crippen LogP contribution >= 0.6 is 0 Å². The molecule has 0 bridgehead atoms. The SMILES string of the molecule is CCCC[C@H](C)[C@H]1CC(=O)N[C@@H](C(C)C)C(=O)N[C@@H](Cc2ccccc2)C(=O)N[C@H]([C@@H](C)CC)C(=O)O1. The molecule has 37 heavy (non-hydrogen) atoms. The first-order valence-electron chi connectivity index (χ1n) is 13.7. The molecule has 3 amide bonds. The second-order valence-corrected chi connectivity index (χ2v) is 10.7. The van der Waals surface area contributed by atoms with Gasteiger partial charge in [-0.3, -0.25) is 14.4 Å². The zero-order chi connectivity index (χ0) is 27.5. The van der Waals surface area contributed by atoms with Crippen LogP contribution in [0.1, 0.15) is 79.2 Å². The van der Waals surface area contributed by atoms with Crippen LogP contribution in [0.3, 0.4) is 0 Å². The number of carbonyl (C=O) groups excluding carboxylic acids is 4. The van der Waals surface area contributed by atoms with Crippen molar-refractivity contribution < 1.29 is 23.9 Å². The molecular formula is C29H45N3O5. The number of hydrogen-bond acceptors (Lipinski definition) is 5. The molecule has 2 rings (SSSR count). The van der Waals surface area contributed by atoms with Gasteiger partial charge in [-0.15, -0.1) is 0 Å². The van der Waals surface area contributed by atoms with Gasteiger partial charge in [0.25, 0.3) is 0 Å². The maximum absolute atomic E-state index is 13.5. The Morgan fingerprint density at radius 1 is 0.865 bits per heavy atom. The van der Waals surface area contributed by atoms with E-state index in [9.17, 15) is 19.2 Å². The topological polar surface area (TPSA) is 114 Å². The summed E-state index contributed by atoms with van der Waals surface area (Å²) in [7, 11) is 0. The van der Waals surface area contributed by atoms with Crippen molar-refractivity contribution in [3.05, 3.63) is 35.9 Å². The van der Waals surface area contributed by atoms with Gasteiger partial charge in [0, 0.05) is 6.42 Å². The predicted octanol–water partition coefficient (Wildman–Crippen LogP) is 3.53. The van der Waals surface area contributed by atoms with Gasteiger partial charge in [0.2, 0.25) is 17.7 Å². The Bertz CT molecular complexity index is 904. The highest BCUT2D eigenvalue weighted by molar-refractivity contribution is 5.94. The van der Waals surface area contributed by atoms with Gasteiger partial charge in [-0.1, -0.05) is 91.1 Å². The third-order valence-corrected chi connectivity index (χ3v) is 7.25. The molecule has 1 fully saturated rings. The summed E-state index contributed by atoms with van der Waals surface area (Å²) < 4.78 is 5.93. The van der Waals surface area contributed by atoms with Crippen molar-refractivity contribution in [1.29, 1.82) is 0 Å². The molecule has 3 N–H and O–H groups in total. The number of nitrogens with one attached hydrogen (secondary N) is 3. The lowest BCUT2D eigenvalue weighted by atomic mass is 9.94. The number of ether oxygens (including phenoxy) is 1. The molecule has 1 aromatic carbocycles. The smallest absolute Gasteiger partial charge is 0.329 e. The number of cyclic esters (lactones) is 1. The Morgan fingerprint density at radius 2 is 1.54 bits per heavy atom. The minimum absolute atomic E-state index is 0.0399. The molecule has 1 heterocycles. The average molecular weight is 516 g/mol. The van der Waals surface area contributed by atoms with Crippen LogP contribution in [-0.4, -0.2) is 47.9 Å². The van der Waals surface area contributed by atoms with Crippen LogP contribution in [0.2, 0.25) is 0 Å². The van der Waals surface area contributed by atoms with Crippen LogP contribution in [0, 0.1) is 17.8 Å². The van der Waals surface area contributed by atoms with Crippen molar-refractivity contribution in [3.8, 4) is 0 Å². The standard InChI is InChI=1S/C29H45N3O5/c1-7-9-13-20(6)23-17-24(33)31-25(18(3)4)28(35)30-22(16-21-14-11-10-12-15-21)27(34)32-26(19(5)8-2)29(36)37-23/h10-12,14-15,18-20,22-23,25-26H,7-9,13,16-17H2,1-6H3,(H,30,35)(H,31,33)(H,32,34)/t19-,20-,22-,23+,25-,26+/m0/s1. The number of rotatable bonds is 9. The van der Waals surface area contributed by atoms with Gasteiger partial charge in [0.15, 0.2) is 0 Å². The number of hydrogen-bond donors (Lipinski definition) is 3. The Balaban J connectivity index is 2.46. The van der Waals surface area contributed by atoms with E-state index in [1.807, 2.05) is 65.0 Å². The molecule has 0 spiro atoms. The molecule has 8 heteroatoms. The molecule has 0 unspecified atom stereocenters. The van der Waals surface area contributed by atoms with Gasteiger partial charge in [-0.2, -0.15) is 0 Å². The highest BCUT2D eigenvalue weighted by Crippen LogP contribution is 2.21. The van der Waals surface area contributed by atoms with Crippen molar-refractivity contribution in [3.63, 3.8) is 0 Å². The van der Waals surface area contributed by atoms with Gasteiger partial charge < -0.3 is 20.7 Å². The van der Waals surface area contributed by atoms with Crippen LogP contribution in [-0.2, 0) is 30.3 Å². The zero-order valence-electron chi connectivity index (χ0n) is 23.2. The van der Waals surface area contributed by atoms with Gasteiger partial charge in [-0.05, 0) is 29.7 Å². The highest BCUT2D eigenvalue weighted by atomic mass is 16.5. The Hall–Kier alpha value is -2.90. The fourth-order valence-electron chi connectivity index (χ4n) is 4.49. The van der Waals surface area contributed by atoms with Crippen molar-refractivity contribution in [2.45, 2.75) is 104 Å². The second kappa shape index (κ2) is 14.7. The van der Waals surface area contributed by atoms with Crippen LogP contribution in [0.25, 0.3) is 0 Å². The van der Waals surface area contributed by atoms with Gasteiger partial charge in [0.05, 0.1) is 6.42 Å². The minimum atomic E-state index is -0.924. The fourth-order valence-corrected chi connectivity index (χ4v) is 4.49. The van der Waals surface area contributed by atoms with Crippen LogP contribution in [0.15, 0.2) is 30.3 Å². The quantitative estimate of drug-likeness (QED) is 0.436. The summed E-state index contributed by atoms with van der Waals surface area (Å²) in [4.78, 5) is 53.3. The van der Waals surface area contributed by atoms with E-state index >= 15 is 0 Å². The molecule has 1 aliphatic rings. The monoisotopic (exact) mass is 515 g/mol. The Labute approximate surface area is 221 Å². The lowest BCUT2D eigenvalue weighted by molar-refractivity contribution is -0.158. The van der Waals surface area contributed by atoms with Gasteiger partial charge >= 0.3 is 5.97 Å². The van der Waals surface area contributed by atoms with E-state index in [-0.39, 0.29) is 36.5 Å². The molecule has 0 aromatic heterocycles. The third kappa shape index (κ3) is 9.17. The Kier molecular flexibility index (Phi) is 12.1. The molecule has 1 saturated heterocycles. The van der Waals surface area contributed by atoms with E-state index in [1.165, 1.54) is 0 Å². The summed E-state index contributed by atoms with van der Waals surface area (Å²) in [6.45, 7) is 11.6. The van der Waals surface area contributed by atoms with E-state index in [0.717, 1.165) is 24.8 Å². The van der Waals surface area contributed by atoms with Gasteiger partial charge in [-0.25, -0.2) is 4.79 Å². The summed E-state index contributed by atoms with van der Waals surface area (Å²) in [5, 5.41) is 8.54. The predicted molar refractivity (Wildman–Crippen MR) is 143 cm³/mol. The lowest BCUT2D eigenvalue weighted by Gasteiger charge is -2.29. The molecule has 0 aliphatic carbocycles. The van der Waals surface area contributed by atoms with E-state index in [4.69, 9.17) is 4.74 Å². The molecule has 0 radical (unpaired) electrons. The van der Waals surface area contributed by atoms with Crippen LogP contribution in [0.4, 0.5) is 0 Å². The third-order valence-electron chi connectivity index (χ3n) is 7.25. The largest absolute Gasteiger partial charge is 0.460 e. The van der Waals surface area contributed by atoms with E-state index in [2.05, 4.69) is 22.9 Å². The average Bonchev–Trinajstić information content (AvgIpc) is 2.87. The Morgan fingerprint density at radius 3 is 2.14 bits per heavy atom. The first-order chi connectivity index (χ1) is 17.6. The number of amides is 3. The van der Waals surface area contributed by atoms with E-state index in [0.29, 0.717) is 6.42 Å². The fraction of sp³-hybridized carbons (Fsp3) is 0.655. The molecule has 206 valence electrons. The first-order valence-corrected chi connectivity index (χ1v) is 13.7. The zero-order valence-corrected chi connectivity index (χ0v) is 23.2. The molecule has 1 aromatic rings. The summed E-state index contributed by atoms with van der Waals surface area (Å²) in [6, 6.07) is 6.73. The van der Waals surface area contributed by atoms with Crippen molar-refractivity contribution >= 4 is 23.7 Å². The summed E-state index contributed by atoms with van der Waals surface area (Å²) in [6.07, 6.45) is 2.93. The van der Waals surface area contributed by atoms with E-state index in [1.54, 1.807) is 0 Å². The number of unbranched alkanes of at least 4 members (excludes halogenated alkanes) is 1. The normalized spacial score (nSPS) is 25.5.